The molecule has 6 nitrogen and oxygen atoms in total. The molecule has 158 valence electrons. The molecule has 31 heavy (non-hydrogen) atoms. The van der Waals surface area contributed by atoms with Crippen molar-refractivity contribution in [2.45, 2.75) is 33.1 Å². The minimum Gasteiger partial charge on any atom is -0.455 e. The number of hydrogen-bond donors (Lipinski definition) is 2. The lowest BCUT2D eigenvalue weighted by atomic mass is 9.93. The molecule has 2 aromatic carbocycles. The van der Waals surface area contributed by atoms with Crippen LogP contribution in [0.4, 0.5) is 10.1 Å². The van der Waals surface area contributed by atoms with E-state index in [2.05, 4.69) is 15.8 Å². The van der Waals surface area contributed by atoms with Gasteiger partial charge in [-0.05, 0) is 51.0 Å². The van der Waals surface area contributed by atoms with Gasteiger partial charge in [0.15, 0.2) is 5.76 Å². The molecule has 1 aliphatic rings. The first kappa shape index (κ1) is 20.5. The van der Waals surface area contributed by atoms with E-state index >= 15 is 0 Å². The summed E-state index contributed by atoms with van der Waals surface area (Å²) in [5.74, 6) is -0.696. The van der Waals surface area contributed by atoms with Crippen LogP contribution >= 0.6 is 0 Å². The second kappa shape index (κ2) is 8.55. The Morgan fingerprint density at radius 2 is 1.74 bits per heavy atom. The number of nitrogens with one attached hydrogen (secondary N) is 2. The highest BCUT2D eigenvalue weighted by Crippen LogP contribution is 2.30. The van der Waals surface area contributed by atoms with Crippen LogP contribution in [0.25, 0.3) is 0 Å². The van der Waals surface area contributed by atoms with E-state index in [0.717, 1.165) is 17.5 Å². The van der Waals surface area contributed by atoms with Gasteiger partial charge in [-0.1, -0.05) is 29.8 Å². The fraction of sp³-hybridized carbons (Fsp3) is 0.208. The van der Waals surface area contributed by atoms with Gasteiger partial charge in [-0.2, -0.15) is 5.10 Å². The topological polar surface area (TPSA) is 83.7 Å². The van der Waals surface area contributed by atoms with Crippen LogP contribution in [0.1, 0.15) is 56.2 Å². The van der Waals surface area contributed by atoms with E-state index in [0.29, 0.717) is 35.6 Å². The number of anilines is 1. The maximum Gasteiger partial charge on any atom is 0.291 e. The molecular formula is C24H22FN3O3. The summed E-state index contributed by atoms with van der Waals surface area (Å²) in [7, 11) is 0. The Labute approximate surface area is 179 Å². The van der Waals surface area contributed by atoms with Crippen LogP contribution in [0.15, 0.2) is 58.0 Å². The lowest BCUT2D eigenvalue weighted by molar-refractivity contribution is 0.0949. The minimum absolute atomic E-state index is 0.0787. The normalized spacial score (nSPS) is 14.2. The van der Waals surface area contributed by atoms with Gasteiger partial charge in [0.05, 0.1) is 11.3 Å². The summed E-state index contributed by atoms with van der Waals surface area (Å²) in [5, 5.41) is 7.07. The molecule has 0 radical (unpaired) electrons. The summed E-state index contributed by atoms with van der Waals surface area (Å²) in [5.41, 5.74) is 6.13. The van der Waals surface area contributed by atoms with Crippen molar-refractivity contribution in [2.75, 3.05) is 5.32 Å². The number of rotatable bonds is 4. The Morgan fingerprint density at radius 3 is 2.48 bits per heavy atom. The molecule has 0 bridgehead atoms. The van der Waals surface area contributed by atoms with Crippen molar-refractivity contribution in [3.8, 4) is 0 Å². The summed E-state index contributed by atoms with van der Waals surface area (Å²) >= 11 is 0. The smallest absolute Gasteiger partial charge is 0.291 e. The van der Waals surface area contributed by atoms with Gasteiger partial charge >= 0.3 is 0 Å². The van der Waals surface area contributed by atoms with Crippen LogP contribution in [0.2, 0.25) is 0 Å². The molecule has 1 heterocycles. The largest absolute Gasteiger partial charge is 0.455 e. The number of nitrogens with zero attached hydrogens (tertiary/aromatic N) is 1. The van der Waals surface area contributed by atoms with Gasteiger partial charge in [0.25, 0.3) is 11.8 Å². The number of aryl methyl sites for hydroxylation is 2. The predicted octanol–water partition coefficient (Wildman–Crippen LogP) is 4.76. The number of carbonyl (C=O) groups excluding carboxylic acids is 2. The molecule has 1 aliphatic carbocycles. The number of benzene rings is 2. The third-order valence-electron chi connectivity index (χ3n) is 5.25. The van der Waals surface area contributed by atoms with E-state index in [4.69, 9.17) is 4.42 Å². The molecule has 7 heteroatoms. The number of fused-ring (bicyclic) bond motifs is 1. The lowest BCUT2D eigenvalue weighted by Crippen LogP contribution is -2.23. The standard InChI is InChI=1S/C24H22FN3O3/c1-14-10-12-16(13-11-14)26-24(30)22-15(2)21-19(8-5-9-20(21)31-22)27-28-23(29)17-6-3-4-7-18(17)25/h3-4,6-7,10-13H,5,8-9H2,1-2H3,(H,26,30)(H,28,29)/b27-19+. The van der Waals surface area contributed by atoms with E-state index in [9.17, 15) is 14.0 Å². The van der Waals surface area contributed by atoms with Crippen LogP contribution in [-0.2, 0) is 6.42 Å². The molecule has 0 spiro atoms. The fourth-order valence-corrected chi connectivity index (χ4v) is 3.65. The maximum absolute atomic E-state index is 13.8. The molecule has 0 fully saturated rings. The number of furan rings is 1. The molecule has 0 aliphatic heterocycles. The highest BCUT2D eigenvalue weighted by molar-refractivity contribution is 6.09. The number of halogens is 1. The summed E-state index contributed by atoms with van der Waals surface area (Å²) in [6, 6.07) is 13.2. The molecule has 4 rings (SSSR count). The number of hydrazone groups is 1. The van der Waals surface area contributed by atoms with Crippen LogP contribution in [0, 0.1) is 19.7 Å². The zero-order chi connectivity index (χ0) is 22.0. The first-order chi connectivity index (χ1) is 14.9. The lowest BCUT2D eigenvalue weighted by Gasteiger charge is -2.13. The monoisotopic (exact) mass is 419 g/mol. The van der Waals surface area contributed by atoms with Gasteiger partial charge in [-0.15, -0.1) is 0 Å². The molecule has 1 aromatic heterocycles. The summed E-state index contributed by atoms with van der Waals surface area (Å²) in [6.07, 6.45) is 2.06. The highest BCUT2D eigenvalue weighted by atomic mass is 19.1. The average Bonchev–Trinajstić information content (AvgIpc) is 3.11. The van der Waals surface area contributed by atoms with E-state index in [1.54, 1.807) is 13.0 Å². The second-order valence-corrected chi connectivity index (χ2v) is 7.51. The predicted molar refractivity (Wildman–Crippen MR) is 116 cm³/mol. The third kappa shape index (κ3) is 4.26. The Morgan fingerprint density at radius 1 is 1.00 bits per heavy atom. The summed E-state index contributed by atoms with van der Waals surface area (Å²) in [4.78, 5) is 25.1. The number of hydrogen-bond acceptors (Lipinski definition) is 4. The zero-order valence-corrected chi connectivity index (χ0v) is 17.3. The number of amides is 2. The summed E-state index contributed by atoms with van der Waals surface area (Å²) < 4.78 is 19.7. The molecule has 0 unspecified atom stereocenters. The van der Waals surface area contributed by atoms with Gasteiger partial charge < -0.3 is 9.73 Å². The molecule has 2 amide bonds. The van der Waals surface area contributed by atoms with Crippen LogP contribution < -0.4 is 10.7 Å². The van der Waals surface area contributed by atoms with Crippen LogP contribution in [0.5, 0.6) is 0 Å². The van der Waals surface area contributed by atoms with Crippen molar-refractivity contribution in [2.24, 2.45) is 5.10 Å². The molecule has 2 N–H and O–H groups in total. The van der Waals surface area contributed by atoms with Crippen molar-refractivity contribution in [1.29, 1.82) is 0 Å². The van der Waals surface area contributed by atoms with Crippen molar-refractivity contribution in [3.05, 3.63) is 88.1 Å². The molecule has 3 aromatic rings. The Bertz CT molecular complexity index is 1180. The van der Waals surface area contributed by atoms with Gasteiger partial charge in [0, 0.05) is 23.2 Å². The minimum atomic E-state index is -0.629. The quantitative estimate of drug-likeness (QED) is 0.598. The third-order valence-corrected chi connectivity index (χ3v) is 5.25. The van der Waals surface area contributed by atoms with Crippen molar-refractivity contribution >= 4 is 23.2 Å². The van der Waals surface area contributed by atoms with Crippen molar-refractivity contribution in [3.63, 3.8) is 0 Å². The van der Waals surface area contributed by atoms with E-state index in [1.807, 2.05) is 31.2 Å². The Hall–Kier alpha value is -3.74. The first-order valence-electron chi connectivity index (χ1n) is 10.1. The van der Waals surface area contributed by atoms with Gasteiger partial charge in [-0.3, -0.25) is 9.59 Å². The number of carbonyl (C=O) groups is 2. The zero-order valence-electron chi connectivity index (χ0n) is 17.3. The van der Waals surface area contributed by atoms with E-state index in [1.165, 1.54) is 18.2 Å². The molecule has 0 atom stereocenters. The van der Waals surface area contributed by atoms with Gasteiger partial charge in [0.2, 0.25) is 0 Å². The van der Waals surface area contributed by atoms with Crippen LogP contribution in [-0.4, -0.2) is 17.5 Å². The average molecular weight is 419 g/mol. The van der Waals surface area contributed by atoms with E-state index in [-0.39, 0.29) is 17.2 Å². The Balaban J connectivity index is 1.57. The second-order valence-electron chi connectivity index (χ2n) is 7.51. The van der Waals surface area contributed by atoms with Crippen LogP contribution in [0.3, 0.4) is 0 Å². The molecule has 0 saturated heterocycles. The molecular weight excluding hydrogens is 397 g/mol. The summed E-state index contributed by atoms with van der Waals surface area (Å²) in [6.45, 7) is 3.77. The van der Waals surface area contributed by atoms with Crippen molar-refractivity contribution in [1.82, 2.24) is 5.43 Å². The SMILES string of the molecule is Cc1ccc(NC(=O)c2oc3c(c2C)/C(=N/NC(=O)c2ccccc2F)CCC3)cc1. The highest BCUT2D eigenvalue weighted by Gasteiger charge is 2.28. The van der Waals surface area contributed by atoms with Gasteiger partial charge in [-0.25, -0.2) is 9.82 Å². The Kier molecular flexibility index (Phi) is 5.66. The maximum atomic E-state index is 13.8. The molecule has 0 saturated carbocycles. The first-order valence-corrected chi connectivity index (χ1v) is 10.1. The fourth-order valence-electron chi connectivity index (χ4n) is 3.65. The van der Waals surface area contributed by atoms with Crippen molar-refractivity contribution < 1.29 is 18.4 Å². The van der Waals surface area contributed by atoms with E-state index < -0.39 is 11.7 Å². The van der Waals surface area contributed by atoms with Gasteiger partial charge in [0.1, 0.15) is 11.6 Å².